The fourth-order valence-corrected chi connectivity index (χ4v) is 4.64. The molecule has 154 valence electrons. The summed E-state index contributed by atoms with van der Waals surface area (Å²) in [5, 5.41) is 24.8. The highest BCUT2D eigenvalue weighted by Gasteiger charge is 2.54. The number of fused-ring (bicyclic) bond motifs is 1. The zero-order valence-electron chi connectivity index (χ0n) is 14.2. The molecular weight excluding hydrogens is 450 g/mol. The van der Waals surface area contributed by atoms with Gasteiger partial charge in [-0.3, -0.25) is 14.5 Å². The Balaban J connectivity index is 1.78. The van der Waals surface area contributed by atoms with Gasteiger partial charge in [0.1, 0.15) is 22.8 Å². The number of nitrogens with two attached hydrogens (primary N) is 1. The van der Waals surface area contributed by atoms with E-state index in [4.69, 9.17) is 22.4 Å². The average molecular weight is 462 g/mol. The number of β-lactam (4-membered cyclic amide) rings is 1. The number of hydrogen-bond donors (Lipinski definition) is 4. The van der Waals surface area contributed by atoms with Crippen LogP contribution < -0.4 is 11.1 Å². The summed E-state index contributed by atoms with van der Waals surface area (Å²) >= 11 is 8.10. The van der Waals surface area contributed by atoms with Crippen LogP contribution in [0.15, 0.2) is 21.3 Å². The van der Waals surface area contributed by atoms with Crippen molar-refractivity contribution in [3.05, 3.63) is 21.8 Å². The number of anilines is 1. The predicted molar refractivity (Wildman–Crippen MR) is 102 cm³/mol. The van der Waals surface area contributed by atoms with Gasteiger partial charge in [-0.25, -0.2) is 14.6 Å². The lowest BCUT2D eigenvalue weighted by Gasteiger charge is -2.48. The molecule has 1 aromatic heterocycles. The molecule has 0 aliphatic carbocycles. The molecule has 0 spiro atoms. The van der Waals surface area contributed by atoms with Crippen LogP contribution in [0.25, 0.3) is 0 Å². The number of aliphatic carboxylic acids is 2. The number of thioether (sulfide) groups is 1. The second kappa shape index (κ2) is 8.26. The monoisotopic (exact) mass is 461 g/mol. The maximum Gasteiger partial charge on any atom is 0.353 e. The van der Waals surface area contributed by atoms with Crippen LogP contribution in [0.2, 0.25) is 0 Å². The van der Waals surface area contributed by atoms with E-state index in [9.17, 15) is 24.3 Å². The topological polar surface area (TPSA) is 185 Å². The molecule has 1 saturated heterocycles. The van der Waals surface area contributed by atoms with E-state index in [0.29, 0.717) is 0 Å². The third-order valence-electron chi connectivity index (χ3n) is 3.73. The Morgan fingerprint density at radius 1 is 1.45 bits per heavy atom. The van der Waals surface area contributed by atoms with Crippen molar-refractivity contribution in [1.82, 2.24) is 15.2 Å². The summed E-state index contributed by atoms with van der Waals surface area (Å²) in [6, 6.07) is -1.03. The van der Waals surface area contributed by atoms with Gasteiger partial charge < -0.3 is 26.1 Å². The minimum atomic E-state index is -1.35. The third-order valence-corrected chi connectivity index (χ3v) is 6.16. The number of oxime groups is 1. The van der Waals surface area contributed by atoms with Gasteiger partial charge in [0.05, 0.1) is 5.03 Å². The van der Waals surface area contributed by atoms with Crippen molar-refractivity contribution in [1.29, 1.82) is 0 Å². The van der Waals surface area contributed by atoms with E-state index in [1.165, 1.54) is 17.1 Å². The first-order valence-corrected chi connectivity index (χ1v) is 10.0. The maximum absolute atomic E-state index is 12.7. The second-order valence-electron chi connectivity index (χ2n) is 5.60. The van der Waals surface area contributed by atoms with Crippen molar-refractivity contribution >= 4 is 69.3 Å². The van der Waals surface area contributed by atoms with Crippen molar-refractivity contribution in [2.45, 2.75) is 11.4 Å². The molecule has 5 N–H and O–H groups in total. The molecule has 3 rings (SSSR count). The highest BCUT2D eigenvalue weighted by Crippen LogP contribution is 2.41. The van der Waals surface area contributed by atoms with Gasteiger partial charge in [-0.2, -0.15) is 0 Å². The smallest absolute Gasteiger partial charge is 0.353 e. The third kappa shape index (κ3) is 4.13. The van der Waals surface area contributed by atoms with Crippen LogP contribution in [0.1, 0.15) is 5.69 Å². The average Bonchev–Trinajstić information content (AvgIpc) is 3.08. The highest BCUT2D eigenvalue weighted by atomic mass is 35.5. The summed E-state index contributed by atoms with van der Waals surface area (Å²) in [5.41, 5.74) is 4.88. The Hall–Kier alpha value is -2.84. The summed E-state index contributed by atoms with van der Waals surface area (Å²) in [6.45, 7) is -0.795. The molecule has 12 nitrogen and oxygen atoms in total. The van der Waals surface area contributed by atoms with Gasteiger partial charge in [0.15, 0.2) is 10.8 Å². The number of nitrogens with one attached hydrogen (secondary N) is 1. The molecule has 1 unspecified atom stereocenters. The summed E-state index contributed by atoms with van der Waals surface area (Å²) in [4.78, 5) is 56.5. The molecule has 0 bridgehead atoms. The molecule has 1 fully saturated rings. The van der Waals surface area contributed by atoms with E-state index in [0.717, 1.165) is 16.2 Å². The zero-order valence-corrected chi connectivity index (χ0v) is 16.6. The van der Waals surface area contributed by atoms with Gasteiger partial charge in [0.2, 0.25) is 6.61 Å². The van der Waals surface area contributed by atoms with E-state index in [1.807, 2.05) is 0 Å². The normalized spacial score (nSPS) is 21.3. The molecule has 2 amide bonds. The van der Waals surface area contributed by atoms with Gasteiger partial charge in [0, 0.05) is 11.1 Å². The van der Waals surface area contributed by atoms with Crippen LogP contribution in [-0.2, 0) is 24.0 Å². The largest absolute Gasteiger partial charge is 0.479 e. The Morgan fingerprint density at radius 2 is 2.17 bits per heavy atom. The number of halogens is 1. The Kier molecular flexibility index (Phi) is 5.95. The molecule has 15 heteroatoms. The molecule has 2 aliphatic rings. The number of carbonyl (C=O) groups is 4. The number of carbonyl (C=O) groups excluding carboxylic acids is 2. The van der Waals surface area contributed by atoms with Crippen LogP contribution in [0.5, 0.6) is 0 Å². The SMILES string of the molecule is Nc1nc(/C(=N/OCC(=O)O)C(=O)NC2C(=O)N3C(C(=O)O)=C(Cl)CS[C@H]23)cs1. The maximum atomic E-state index is 12.7. The number of rotatable bonds is 7. The van der Waals surface area contributed by atoms with Crippen LogP contribution >= 0.6 is 34.7 Å². The second-order valence-corrected chi connectivity index (χ2v) is 8.05. The van der Waals surface area contributed by atoms with Crippen LogP contribution in [0.3, 0.4) is 0 Å². The standard InChI is InChI=1S/C14H12ClN5O7S2/c15-4-2-28-12-8(11(24)20(12)9(4)13(25)26)18-10(23)7(19-27-1-6(21)22)5-3-29-14(16)17-5/h3,8,12H,1-2H2,(H2,16,17)(H,18,23)(H,21,22)(H,25,26)/b19-7-/t8?,12-/m1/s1. The number of carboxylic acids is 2. The van der Waals surface area contributed by atoms with Gasteiger partial charge in [-0.1, -0.05) is 16.8 Å². The molecule has 2 atom stereocenters. The van der Waals surface area contributed by atoms with E-state index >= 15 is 0 Å². The molecule has 0 saturated carbocycles. The number of thiazole rings is 1. The van der Waals surface area contributed by atoms with E-state index < -0.39 is 41.8 Å². The molecule has 29 heavy (non-hydrogen) atoms. The highest BCUT2D eigenvalue weighted by molar-refractivity contribution is 8.00. The predicted octanol–water partition coefficient (Wildman–Crippen LogP) is -0.534. The summed E-state index contributed by atoms with van der Waals surface area (Å²) in [6.07, 6.45) is 0. The first-order valence-electron chi connectivity index (χ1n) is 7.71. The molecule has 3 heterocycles. The van der Waals surface area contributed by atoms with Crippen molar-refractivity contribution < 1.29 is 34.2 Å². The van der Waals surface area contributed by atoms with Crippen molar-refractivity contribution in [2.24, 2.45) is 5.16 Å². The van der Waals surface area contributed by atoms with E-state index in [1.54, 1.807) is 0 Å². The molecule has 0 aromatic carbocycles. The molecule has 0 radical (unpaired) electrons. The minimum absolute atomic E-state index is 0.0270. The van der Waals surface area contributed by atoms with E-state index in [-0.39, 0.29) is 33.0 Å². The fraction of sp³-hybridized carbons (Fsp3) is 0.286. The summed E-state index contributed by atoms with van der Waals surface area (Å²) in [5.74, 6) is -4.01. The van der Waals surface area contributed by atoms with Crippen LogP contribution in [-0.4, -0.2) is 73.3 Å². The minimum Gasteiger partial charge on any atom is -0.479 e. The number of carboxylic acid groups (broad SMARTS) is 2. The lowest BCUT2D eigenvalue weighted by atomic mass is 10.0. The number of hydrogen-bond acceptors (Lipinski definition) is 10. The number of nitrogen functional groups attached to an aromatic ring is 1. The van der Waals surface area contributed by atoms with Gasteiger partial charge in [-0.05, 0) is 0 Å². The lowest BCUT2D eigenvalue weighted by molar-refractivity contribution is -0.150. The Labute approximate surface area is 175 Å². The number of nitrogens with zero attached hydrogens (tertiary/aromatic N) is 3. The van der Waals surface area contributed by atoms with E-state index in [2.05, 4.69) is 20.3 Å². The Bertz CT molecular complexity index is 962. The van der Waals surface area contributed by atoms with Crippen molar-refractivity contribution in [3.63, 3.8) is 0 Å². The molecule has 1 aromatic rings. The first-order chi connectivity index (χ1) is 13.7. The van der Waals surface area contributed by atoms with Gasteiger partial charge in [-0.15, -0.1) is 23.1 Å². The lowest BCUT2D eigenvalue weighted by Crippen LogP contribution is -2.71. The molecule has 2 aliphatic heterocycles. The van der Waals surface area contributed by atoms with Crippen LogP contribution in [0, 0.1) is 0 Å². The van der Waals surface area contributed by atoms with Gasteiger partial charge >= 0.3 is 11.9 Å². The first kappa shape index (κ1) is 20.9. The van der Waals surface area contributed by atoms with Crippen molar-refractivity contribution in [2.75, 3.05) is 18.1 Å². The molecular formula is C14H12ClN5O7S2. The summed E-state index contributed by atoms with van der Waals surface area (Å²) in [7, 11) is 0. The zero-order chi connectivity index (χ0) is 21.3. The van der Waals surface area contributed by atoms with Gasteiger partial charge in [0.25, 0.3) is 11.8 Å². The number of amides is 2. The quantitative estimate of drug-likeness (QED) is 0.233. The number of aromatic nitrogens is 1. The summed E-state index contributed by atoms with van der Waals surface area (Å²) < 4.78 is 0. The van der Waals surface area contributed by atoms with Crippen molar-refractivity contribution in [3.8, 4) is 0 Å². The van der Waals surface area contributed by atoms with Crippen LogP contribution in [0.4, 0.5) is 5.13 Å². The Morgan fingerprint density at radius 3 is 2.76 bits per heavy atom. The fourth-order valence-electron chi connectivity index (χ4n) is 2.54.